The maximum atomic E-state index is 6.05. The number of hydrogen-bond donors (Lipinski definition) is 1. The van der Waals surface area contributed by atoms with E-state index < -0.39 is 0 Å². The maximum Gasteiger partial charge on any atom is 0.134 e. The van der Waals surface area contributed by atoms with Crippen molar-refractivity contribution >= 4 is 29.0 Å². The van der Waals surface area contributed by atoms with Gasteiger partial charge in [-0.1, -0.05) is 23.2 Å². The molecule has 0 radical (unpaired) electrons. The predicted octanol–water partition coefficient (Wildman–Crippen LogP) is 4.22. The van der Waals surface area contributed by atoms with Crippen LogP contribution in [-0.4, -0.2) is 9.97 Å². The van der Waals surface area contributed by atoms with E-state index in [1.54, 1.807) is 6.07 Å². The summed E-state index contributed by atoms with van der Waals surface area (Å²) < 4.78 is 0. The van der Waals surface area contributed by atoms with Gasteiger partial charge in [0, 0.05) is 27.1 Å². The van der Waals surface area contributed by atoms with Crippen molar-refractivity contribution < 1.29 is 0 Å². The summed E-state index contributed by atoms with van der Waals surface area (Å²) >= 11 is 12.1. The summed E-state index contributed by atoms with van der Waals surface area (Å²) in [5.41, 5.74) is 8.55. The van der Waals surface area contributed by atoms with Crippen LogP contribution in [0.1, 0.15) is 30.1 Å². The lowest BCUT2D eigenvalue weighted by Crippen LogP contribution is -2.04. The third-order valence-corrected chi connectivity index (χ3v) is 3.72. The summed E-state index contributed by atoms with van der Waals surface area (Å²) in [5.74, 6) is 1.81. The lowest BCUT2D eigenvalue weighted by Gasteiger charge is -2.10. The summed E-state index contributed by atoms with van der Waals surface area (Å²) in [6, 6.07) is 5.39. The molecular formula is C14H13Cl2N3. The average Bonchev–Trinajstić information content (AvgIpc) is 3.15. The number of nitrogens with zero attached hydrogens (tertiary/aromatic N) is 2. The Morgan fingerprint density at radius 1 is 1.11 bits per heavy atom. The van der Waals surface area contributed by atoms with Gasteiger partial charge in [0.15, 0.2) is 0 Å². The van der Waals surface area contributed by atoms with E-state index in [0.717, 1.165) is 35.5 Å². The van der Waals surface area contributed by atoms with Gasteiger partial charge in [0.2, 0.25) is 0 Å². The Labute approximate surface area is 121 Å². The molecule has 1 aromatic heterocycles. The average molecular weight is 294 g/mol. The normalized spacial score (nSPS) is 14.7. The number of hydrogen-bond acceptors (Lipinski definition) is 3. The van der Waals surface area contributed by atoms with E-state index in [9.17, 15) is 0 Å². The molecule has 1 saturated carbocycles. The highest BCUT2D eigenvalue weighted by atomic mass is 35.5. The van der Waals surface area contributed by atoms with Crippen molar-refractivity contribution in [1.29, 1.82) is 0 Å². The molecule has 1 aliphatic rings. The largest absolute Gasteiger partial charge is 0.383 e. The van der Waals surface area contributed by atoms with Gasteiger partial charge in [-0.05, 0) is 38.0 Å². The highest BCUT2D eigenvalue weighted by Gasteiger charge is 2.28. The number of nitrogen functional groups attached to an aromatic ring is 1. The lowest BCUT2D eigenvalue weighted by molar-refractivity contribution is 0.928. The Morgan fingerprint density at radius 3 is 2.32 bits per heavy atom. The van der Waals surface area contributed by atoms with Gasteiger partial charge in [0.25, 0.3) is 0 Å². The quantitative estimate of drug-likeness (QED) is 0.902. The molecular weight excluding hydrogens is 281 g/mol. The molecule has 0 amide bonds. The fraction of sp³-hybridized carbons (Fsp3) is 0.286. The van der Waals surface area contributed by atoms with Crippen molar-refractivity contribution in [3.05, 3.63) is 39.6 Å². The summed E-state index contributed by atoms with van der Waals surface area (Å²) in [4.78, 5) is 9.01. The van der Waals surface area contributed by atoms with E-state index in [2.05, 4.69) is 9.97 Å². The molecule has 3 nitrogen and oxygen atoms in total. The minimum Gasteiger partial charge on any atom is -0.383 e. The molecule has 1 aliphatic carbocycles. The van der Waals surface area contributed by atoms with Crippen molar-refractivity contribution in [2.75, 3.05) is 5.73 Å². The molecule has 5 heteroatoms. The van der Waals surface area contributed by atoms with Gasteiger partial charge in [-0.15, -0.1) is 0 Å². The van der Waals surface area contributed by atoms with Gasteiger partial charge in [0.1, 0.15) is 11.6 Å². The first kappa shape index (κ1) is 12.7. The molecule has 0 unspecified atom stereocenters. The molecule has 0 saturated heterocycles. The van der Waals surface area contributed by atoms with Gasteiger partial charge in [0.05, 0.1) is 5.69 Å². The van der Waals surface area contributed by atoms with Gasteiger partial charge in [-0.25, -0.2) is 9.97 Å². The van der Waals surface area contributed by atoms with Crippen molar-refractivity contribution in [1.82, 2.24) is 9.97 Å². The highest BCUT2D eigenvalue weighted by molar-refractivity contribution is 6.35. The van der Waals surface area contributed by atoms with E-state index in [1.165, 1.54) is 0 Å². The molecule has 2 aromatic rings. The standard InChI is InChI=1S/C14H13Cl2N3/c1-7-12(9-4-10(15)6-11(16)5-9)18-14(8-2-3-8)19-13(7)17/h4-6,8H,2-3H2,1H3,(H2,17,18,19). The van der Waals surface area contributed by atoms with Gasteiger partial charge >= 0.3 is 0 Å². The SMILES string of the molecule is Cc1c(N)nc(C2CC2)nc1-c1cc(Cl)cc(Cl)c1. The van der Waals surface area contributed by atoms with Crippen LogP contribution < -0.4 is 5.73 Å². The Kier molecular flexibility index (Phi) is 3.11. The number of aromatic nitrogens is 2. The highest BCUT2D eigenvalue weighted by Crippen LogP contribution is 2.40. The molecule has 0 spiro atoms. The first-order valence-electron chi connectivity index (χ1n) is 6.15. The van der Waals surface area contributed by atoms with Gasteiger partial charge in [-0.2, -0.15) is 0 Å². The molecule has 19 heavy (non-hydrogen) atoms. The van der Waals surface area contributed by atoms with E-state index in [-0.39, 0.29) is 0 Å². The van der Waals surface area contributed by atoms with Crippen LogP contribution in [0.15, 0.2) is 18.2 Å². The van der Waals surface area contributed by atoms with E-state index in [1.807, 2.05) is 19.1 Å². The monoisotopic (exact) mass is 293 g/mol. The van der Waals surface area contributed by atoms with Crippen molar-refractivity contribution in [2.45, 2.75) is 25.7 Å². The van der Waals surface area contributed by atoms with Crippen LogP contribution in [0.2, 0.25) is 10.0 Å². The molecule has 2 N–H and O–H groups in total. The fourth-order valence-electron chi connectivity index (χ4n) is 2.05. The molecule has 0 aliphatic heterocycles. The minimum absolute atomic E-state index is 0.455. The minimum atomic E-state index is 0.455. The summed E-state index contributed by atoms with van der Waals surface area (Å²) in [5, 5.41) is 1.18. The number of nitrogens with two attached hydrogens (primary N) is 1. The fourth-order valence-corrected chi connectivity index (χ4v) is 2.57. The van der Waals surface area contributed by atoms with Crippen LogP contribution in [0.3, 0.4) is 0 Å². The summed E-state index contributed by atoms with van der Waals surface area (Å²) in [7, 11) is 0. The van der Waals surface area contributed by atoms with Crippen LogP contribution in [0.5, 0.6) is 0 Å². The second-order valence-corrected chi connectivity index (χ2v) is 5.75. The smallest absolute Gasteiger partial charge is 0.134 e. The second kappa shape index (κ2) is 4.66. The first-order chi connectivity index (χ1) is 9.04. The zero-order chi connectivity index (χ0) is 13.6. The zero-order valence-electron chi connectivity index (χ0n) is 10.5. The van der Waals surface area contributed by atoms with E-state index >= 15 is 0 Å². The van der Waals surface area contributed by atoms with Crippen molar-refractivity contribution in [2.24, 2.45) is 0 Å². The third-order valence-electron chi connectivity index (χ3n) is 3.28. The Balaban J connectivity index is 2.17. The van der Waals surface area contributed by atoms with Crippen LogP contribution in [0.4, 0.5) is 5.82 Å². The van der Waals surface area contributed by atoms with Crippen LogP contribution in [0.25, 0.3) is 11.3 Å². The van der Waals surface area contributed by atoms with Gasteiger partial charge in [-0.3, -0.25) is 0 Å². The molecule has 1 fully saturated rings. The first-order valence-corrected chi connectivity index (χ1v) is 6.90. The van der Waals surface area contributed by atoms with Gasteiger partial charge < -0.3 is 5.73 Å². The summed E-state index contributed by atoms with van der Waals surface area (Å²) in [6.07, 6.45) is 2.27. The lowest BCUT2D eigenvalue weighted by atomic mass is 10.1. The van der Waals surface area contributed by atoms with E-state index in [4.69, 9.17) is 28.9 Å². The molecule has 0 atom stereocenters. The molecule has 0 bridgehead atoms. The van der Waals surface area contributed by atoms with Crippen molar-refractivity contribution in [3.8, 4) is 11.3 Å². The second-order valence-electron chi connectivity index (χ2n) is 4.87. The molecule has 3 rings (SSSR count). The summed E-state index contributed by atoms with van der Waals surface area (Å²) in [6.45, 7) is 1.91. The third kappa shape index (κ3) is 2.53. The number of halogens is 2. The number of anilines is 1. The van der Waals surface area contributed by atoms with Crippen LogP contribution in [0, 0.1) is 6.92 Å². The Morgan fingerprint density at radius 2 is 1.74 bits per heavy atom. The van der Waals surface area contributed by atoms with E-state index in [0.29, 0.717) is 21.8 Å². The molecule has 98 valence electrons. The van der Waals surface area contributed by atoms with Crippen molar-refractivity contribution in [3.63, 3.8) is 0 Å². The number of benzene rings is 1. The maximum absolute atomic E-state index is 6.05. The predicted molar refractivity (Wildman–Crippen MR) is 78.6 cm³/mol. The topological polar surface area (TPSA) is 51.8 Å². The van der Waals surface area contributed by atoms with Crippen LogP contribution in [-0.2, 0) is 0 Å². The Bertz CT molecular complexity index is 631. The van der Waals surface area contributed by atoms with Crippen LogP contribution >= 0.6 is 23.2 Å². The zero-order valence-corrected chi connectivity index (χ0v) is 12.0. The molecule has 1 heterocycles. The number of rotatable bonds is 2. The Hall–Kier alpha value is -1.32. The molecule has 1 aromatic carbocycles.